The first kappa shape index (κ1) is 14.2. The first-order chi connectivity index (χ1) is 8.80. The molecule has 0 aromatic rings. The summed E-state index contributed by atoms with van der Waals surface area (Å²) in [5, 5.41) is 0. The number of isocyanates is 3. The van der Waals surface area contributed by atoms with Gasteiger partial charge in [-0.3, -0.25) is 0 Å². The lowest BCUT2D eigenvalue weighted by Gasteiger charge is -2.32. The van der Waals surface area contributed by atoms with Crippen molar-refractivity contribution in [1.82, 2.24) is 0 Å². The predicted octanol–water partition coefficient (Wildman–Crippen LogP) is 1.03. The van der Waals surface area contributed by atoms with Crippen molar-refractivity contribution in [3.8, 4) is 0 Å². The minimum Gasteiger partial charge on any atom is -0.211 e. The summed E-state index contributed by atoms with van der Waals surface area (Å²) >= 11 is 0. The zero-order valence-corrected chi connectivity index (χ0v) is 10.0. The molecule has 96 valence electrons. The third-order valence-electron chi connectivity index (χ3n) is 3.24. The second-order valence-electron chi connectivity index (χ2n) is 4.60. The van der Waals surface area contributed by atoms with E-state index in [1.54, 1.807) is 0 Å². The summed E-state index contributed by atoms with van der Waals surface area (Å²) in [6.45, 7) is 1.31. The van der Waals surface area contributed by atoms with Gasteiger partial charge in [0.05, 0.1) is 19.6 Å². The predicted molar refractivity (Wildman–Crippen MR) is 63.3 cm³/mol. The lowest BCUT2D eigenvalue weighted by atomic mass is 9.75. The van der Waals surface area contributed by atoms with Crippen LogP contribution in [0.1, 0.15) is 19.3 Å². The lowest BCUT2D eigenvalue weighted by molar-refractivity contribution is 0.208. The van der Waals surface area contributed by atoms with Crippen molar-refractivity contribution in [2.24, 2.45) is 32.7 Å². The number of hydrogen-bond donors (Lipinski definition) is 0. The van der Waals surface area contributed by atoms with Crippen LogP contribution in [0, 0.1) is 17.8 Å². The van der Waals surface area contributed by atoms with E-state index in [4.69, 9.17) is 0 Å². The highest BCUT2D eigenvalue weighted by Gasteiger charge is 2.28. The van der Waals surface area contributed by atoms with Gasteiger partial charge in [-0.2, -0.15) is 0 Å². The van der Waals surface area contributed by atoms with Gasteiger partial charge in [0.25, 0.3) is 0 Å². The van der Waals surface area contributed by atoms with Crippen molar-refractivity contribution in [2.45, 2.75) is 19.3 Å². The van der Waals surface area contributed by atoms with Gasteiger partial charge in [-0.15, -0.1) is 0 Å². The van der Waals surface area contributed by atoms with Crippen LogP contribution in [0.3, 0.4) is 0 Å². The second kappa shape index (κ2) is 8.26. The Balaban J connectivity index is 2.60. The number of nitrogens with zero attached hydrogens (tertiary/aromatic N) is 3. The van der Waals surface area contributed by atoms with Gasteiger partial charge in [0.1, 0.15) is 0 Å². The van der Waals surface area contributed by atoms with Crippen LogP contribution in [0.2, 0.25) is 0 Å². The quantitative estimate of drug-likeness (QED) is 0.520. The highest BCUT2D eigenvalue weighted by Crippen LogP contribution is 2.34. The largest absolute Gasteiger partial charge is 0.234 e. The van der Waals surface area contributed by atoms with Crippen LogP contribution in [-0.4, -0.2) is 37.9 Å². The van der Waals surface area contributed by atoms with Gasteiger partial charge < -0.3 is 0 Å². The molecular weight excluding hydrogens is 234 g/mol. The third-order valence-corrected chi connectivity index (χ3v) is 3.24. The molecule has 0 spiro atoms. The van der Waals surface area contributed by atoms with Crippen molar-refractivity contribution in [3.63, 3.8) is 0 Å². The maximum atomic E-state index is 10.1. The first-order valence-corrected chi connectivity index (χ1v) is 5.91. The van der Waals surface area contributed by atoms with E-state index < -0.39 is 0 Å². The molecule has 0 atom stereocenters. The van der Waals surface area contributed by atoms with Gasteiger partial charge in [0, 0.05) is 0 Å². The Labute approximate surface area is 105 Å². The van der Waals surface area contributed by atoms with Gasteiger partial charge in [0.15, 0.2) is 0 Å². The van der Waals surface area contributed by atoms with Crippen LogP contribution in [0.4, 0.5) is 0 Å². The molecule has 0 unspecified atom stereocenters. The topological polar surface area (TPSA) is 88.3 Å². The number of aliphatic imine (C=N–C) groups is 3. The van der Waals surface area contributed by atoms with E-state index in [0.717, 1.165) is 19.3 Å². The molecule has 1 rings (SSSR count). The van der Waals surface area contributed by atoms with Gasteiger partial charge in [0.2, 0.25) is 18.2 Å². The molecule has 1 aliphatic carbocycles. The molecule has 0 aliphatic heterocycles. The highest BCUT2D eigenvalue weighted by atomic mass is 16.1. The molecule has 1 aliphatic rings. The summed E-state index contributed by atoms with van der Waals surface area (Å²) in [7, 11) is 0. The average Bonchev–Trinajstić information content (AvgIpc) is 2.40. The van der Waals surface area contributed by atoms with Crippen molar-refractivity contribution in [1.29, 1.82) is 0 Å². The zero-order valence-electron chi connectivity index (χ0n) is 10.0. The van der Waals surface area contributed by atoms with Gasteiger partial charge in [-0.05, 0) is 37.0 Å². The monoisotopic (exact) mass is 249 g/mol. The van der Waals surface area contributed by atoms with Crippen LogP contribution in [0.15, 0.2) is 15.0 Å². The number of carbonyl (C=O) groups excluding carboxylic acids is 3. The molecule has 1 fully saturated rings. The molecule has 0 bridgehead atoms. The van der Waals surface area contributed by atoms with E-state index in [9.17, 15) is 14.4 Å². The minimum absolute atomic E-state index is 0.263. The Morgan fingerprint density at radius 1 is 0.667 bits per heavy atom. The SMILES string of the molecule is O=C=NCC1CC(CN=C=O)CC(CN=C=O)C1. The Morgan fingerprint density at radius 2 is 0.944 bits per heavy atom. The molecule has 18 heavy (non-hydrogen) atoms. The Kier molecular flexibility index (Phi) is 6.52. The number of hydrogen-bond acceptors (Lipinski definition) is 6. The zero-order chi connectivity index (χ0) is 13.2. The van der Waals surface area contributed by atoms with Gasteiger partial charge in [-0.1, -0.05) is 0 Å². The fourth-order valence-corrected chi connectivity index (χ4v) is 2.65. The van der Waals surface area contributed by atoms with Crippen molar-refractivity contribution >= 4 is 18.2 Å². The smallest absolute Gasteiger partial charge is 0.211 e. The molecule has 0 aromatic heterocycles. The molecule has 0 saturated heterocycles. The van der Waals surface area contributed by atoms with E-state index in [2.05, 4.69) is 15.0 Å². The first-order valence-electron chi connectivity index (χ1n) is 5.91. The second-order valence-corrected chi connectivity index (χ2v) is 4.60. The van der Waals surface area contributed by atoms with Crippen molar-refractivity contribution in [3.05, 3.63) is 0 Å². The molecule has 0 heterocycles. The van der Waals surface area contributed by atoms with Crippen LogP contribution in [-0.2, 0) is 14.4 Å². The Bertz CT molecular complexity index is 337. The summed E-state index contributed by atoms with van der Waals surface area (Å²) in [4.78, 5) is 41.2. The summed E-state index contributed by atoms with van der Waals surface area (Å²) in [6, 6.07) is 0. The van der Waals surface area contributed by atoms with E-state index >= 15 is 0 Å². The maximum absolute atomic E-state index is 10.1. The third kappa shape index (κ3) is 4.98. The molecular formula is C12H15N3O3. The summed E-state index contributed by atoms with van der Waals surface area (Å²) in [5.41, 5.74) is 0. The minimum atomic E-state index is 0.263. The molecule has 0 radical (unpaired) electrons. The molecule has 0 aromatic carbocycles. The maximum Gasteiger partial charge on any atom is 0.234 e. The Morgan fingerprint density at radius 3 is 1.17 bits per heavy atom. The van der Waals surface area contributed by atoms with Crippen LogP contribution in [0.5, 0.6) is 0 Å². The van der Waals surface area contributed by atoms with Crippen LogP contribution < -0.4 is 0 Å². The summed E-state index contributed by atoms with van der Waals surface area (Å²) < 4.78 is 0. The summed E-state index contributed by atoms with van der Waals surface area (Å²) in [6.07, 6.45) is 7.22. The molecule has 6 heteroatoms. The molecule has 1 saturated carbocycles. The van der Waals surface area contributed by atoms with Crippen molar-refractivity contribution in [2.75, 3.05) is 19.6 Å². The van der Waals surface area contributed by atoms with Gasteiger partial charge in [-0.25, -0.2) is 29.4 Å². The summed E-state index contributed by atoms with van der Waals surface area (Å²) in [5.74, 6) is 0.789. The number of rotatable bonds is 6. The van der Waals surface area contributed by atoms with Crippen LogP contribution in [0.25, 0.3) is 0 Å². The fourth-order valence-electron chi connectivity index (χ4n) is 2.65. The van der Waals surface area contributed by atoms with Crippen LogP contribution >= 0.6 is 0 Å². The van der Waals surface area contributed by atoms with E-state index in [0.29, 0.717) is 19.6 Å². The fraction of sp³-hybridized carbons (Fsp3) is 0.750. The van der Waals surface area contributed by atoms with Gasteiger partial charge >= 0.3 is 0 Å². The average molecular weight is 249 g/mol. The highest BCUT2D eigenvalue weighted by molar-refractivity contribution is 5.33. The standard InChI is InChI=1S/C12H15N3O3/c16-7-13-4-10-1-11(5-14-8-17)3-12(2-10)6-15-9-18/h10-12H,1-6H2. The molecule has 6 nitrogen and oxygen atoms in total. The molecule has 0 amide bonds. The van der Waals surface area contributed by atoms with E-state index in [-0.39, 0.29) is 17.8 Å². The van der Waals surface area contributed by atoms with Crippen molar-refractivity contribution < 1.29 is 14.4 Å². The van der Waals surface area contributed by atoms with E-state index in [1.165, 1.54) is 18.2 Å². The normalized spacial score (nSPS) is 26.3. The van der Waals surface area contributed by atoms with E-state index in [1.807, 2.05) is 0 Å². The lowest BCUT2D eigenvalue weighted by Crippen LogP contribution is -2.27. The molecule has 0 N–H and O–H groups in total. The Hall–Kier alpha value is -1.86.